The maximum Gasteiger partial charge on any atom is 0.419 e. The van der Waals surface area contributed by atoms with E-state index in [4.69, 9.17) is 16.3 Å². The first-order valence-electron chi connectivity index (χ1n) is 4.61. The fraction of sp³-hybridized carbons (Fsp3) is 0.400. The molecule has 17 heavy (non-hydrogen) atoms. The molecule has 1 saturated heterocycles. The number of benzene rings is 1. The molecule has 1 aliphatic heterocycles. The smallest absolute Gasteiger partial charge is 0.380 e. The van der Waals surface area contributed by atoms with Crippen LogP contribution in [-0.4, -0.2) is 18.3 Å². The zero-order valence-electron chi connectivity index (χ0n) is 8.31. The summed E-state index contributed by atoms with van der Waals surface area (Å²) in [7, 11) is 0. The summed E-state index contributed by atoms with van der Waals surface area (Å²) in [5.41, 5.74) is -3.03. The second kappa shape index (κ2) is 3.83. The molecule has 1 fully saturated rings. The van der Waals surface area contributed by atoms with Gasteiger partial charge in [-0.05, 0) is 6.07 Å². The third-order valence-corrected chi connectivity index (χ3v) is 2.94. The standard InChI is InChI=1S/C10H7ClF4O2/c11-7-5(9(16)3-17-4-9)1-2-6(8(7)12)10(13,14)15/h1-2,16H,3-4H2. The Morgan fingerprint density at radius 3 is 2.29 bits per heavy atom. The van der Waals surface area contributed by atoms with E-state index in [0.29, 0.717) is 6.07 Å². The summed E-state index contributed by atoms with van der Waals surface area (Å²) in [6.45, 7) is -0.227. The molecule has 0 aromatic heterocycles. The van der Waals surface area contributed by atoms with Crippen molar-refractivity contribution in [2.24, 2.45) is 0 Å². The number of hydrogen-bond donors (Lipinski definition) is 1. The van der Waals surface area contributed by atoms with Crippen LogP contribution in [0, 0.1) is 5.82 Å². The average Bonchev–Trinajstić information content (AvgIpc) is 2.16. The van der Waals surface area contributed by atoms with Gasteiger partial charge in [0.05, 0.1) is 23.8 Å². The Bertz CT molecular complexity index is 454. The second-order valence-corrected chi connectivity index (χ2v) is 4.19. The van der Waals surface area contributed by atoms with Crippen molar-refractivity contribution in [1.29, 1.82) is 0 Å². The molecule has 0 amide bonds. The molecular formula is C10H7ClF4O2. The van der Waals surface area contributed by atoms with Crippen LogP contribution in [0.3, 0.4) is 0 Å². The van der Waals surface area contributed by atoms with Gasteiger partial charge < -0.3 is 9.84 Å². The van der Waals surface area contributed by atoms with Crippen molar-refractivity contribution in [2.45, 2.75) is 11.8 Å². The van der Waals surface area contributed by atoms with E-state index in [1.165, 1.54) is 0 Å². The number of hydrogen-bond acceptors (Lipinski definition) is 2. The van der Waals surface area contributed by atoms with Crippen molar-refractivity contribution in [3.05, 3.63) is 34.1 Å². The summed E-state index contributed by atoms with van der Waals surface area (Å²) in [5, 5.41) is 9.11. The number of aliphatic hydroxyl groups is 1. The van der Waals surface area contributed by atoms with Crippen LogP contribution in [0.15, 0.2) is 12.1 Å². The fourth-order valence-corrected chi connectivity index (χ4v) is 1.92. The van der Waals surface area contributed by atoms with Crippen LogP contribution in [-0.2, 0) is 16.5 Å². The molecule has 0 atom stereocenters. The number of ether oxygens (including phenoxy) is 1. The first kappa shape index (κ1) is 12.6. The van der Waals surface area contributed by atoms with E-state index in [9.17, 15) is 22.7 Å². The van der Waals surface area contributed by atoms with Crippen LogP contribution in [0.1, 0.15) is 11.1 Å². The maximum atomic E-state index is 13.4. The molecule has 1 heterocycles. The minimum atomic E-state index is -4.81. The summed E-state index contributed by atoms with van der Waals surface area (Å²) < 4.78 is 55.3. The van der Waals surface area contributed by atoms with Gasteiger partial charge in [-0.25, -0.2) is 4.39 Å². The van der Waals surface area contributed by atoms with Gasteiger partial charge in [0.15, 0.2) is 5.82 Å². The van der Waals surface area contributed by atoms with Gasteiger partial charge in [-0.2, -0.15) is 13.2 Å². The van der Waals surface area contributed by atoms with E-state index in [1.807, 2.05) is 0 Å². The van der Waals surface area contributed by atoms with Crippen molar-refractivity contribution in [2.75, 3.05) is 13.2 Å². The van der Waals surface area contributed by atoms with E-state index in [2.05, 4.69) is 0 Å². The molecule has 2 nitrogen and oxygen atoms in total. The number of alkyl halides is 3. The van der Waals surface area contributed by atoms with Gasteiger partial charge >= 0.3 is 6.18 Å². The Labute approximate surface area is 98.8 Å². The maximum absolute atomic E-state index is 13.4. The lowest BCUT2D eigenvalue weighted by molar-refractivity contribution is -0.184. The average molecular weight is 271 g/mol. The molecule has 94 valence electrons. The van der Waals surface area contributed by atoms with Crippen molar-refractivity contribution in [3.63, 3.8) is 0 Å². The van der Waals surface area contributed by atoms with Gasteiger partial charge in [0.1, 0.15) is 5.60 Å². The molecule has 1 aromatic carbocycles. The normalized spacial score (nSPS) is 18.9. The summed E-state index contributed by atoms with van der Waals surface area (Å²) in [6.07, 6.45) is -4.81. The fourth-order valence-electron chi connectivity index (χ4n) is 1.58. The Kier molecular flexibility index (Phi) is 2.84. The van der Waals surface area contributed by atoms with E-state index >= 15 is 0 Å². The lowest BCUT2D eigenvalue weighted by Gasteiger charge is -2.37. The topological polar surface area (TPSA) is 29.5 Å². The van der Waals surface area contributed by atoms with Crippen LogP contribution in [0.25, 0.3) is 0 Å². The summed E-state index contributed by atoms with van der Waals surface area (Å²) >= 11 is 5.51. The van der Waals surface area contributed by atoms with Gasteiger partial charge in [0.25, 0.3) is 0 Å². The van der Waals surface area contributed by atoms with E-state index in [1.54, 1.807) is 0 Å². The van der Waals surface area contributed by atoms with Crippen LogP contribution >= 0.6 is 11.6 Å². The molecule has 0 radical (unpaired) electrons. The van der Waals surface area contributed by atoms with Crippen molar-refractivity contribution in [1.82, 2.24) is 0 Å². The molecule has 1 aromatic rings. The zero-order valence-corrected chi connectivity index (χ0v) is 9.07. The molecule has 7 heteroatoms. The Morgan fingerprint density at radius 1 is 1.29 bits per heavy atom. The van der Waals surface area contributed by atoms with Crippen molar-refractivity contribution in [3.8, 4) is 0 Å². The predicted octanol–water partition coefficient (Wildman–Crippen LogP) is 2.72. The van der Waals surface area contributed by atoms with E-state index < -0.39 is 28.2 Å². The Hall–Kier alpha value is -0.850. The number of halogens is 5. The lowest BCUT2D eigenvalue weighted by Crippen LogP contribution is -2.46. The first-order valence-corrected chi connectivity index (χ1v) is 4.99. The van der Waals surface area contributed by atoms with Gasteiger partial charge in [-0.15, -0.1) is 0 Å². The summed E-state index contributed by atoms with van der Waals surface area (Å²) in [4.78, 5) is 0. The molecule has 0 saturated carbocycles. The highest BCUT2D eigenvalue weighted by molar-refractivity contribution is 6.31. The SMILES string of the molecule is OC1(c2ccc(C(F)(F)F)c(F)c2Cl)COC1. The third kappa shape index (κ3) is 2.00. The first-order chi connectivity index (χ1) is 7.76. The summed E-state index contributed by atoms with van der Waals surface area (Å²) in [5.74, 6) is -1.57. The largest absolute Gasteiger partial charge is 0.419 e. The Morgan fingerprint density at radius 2 is 1.88 bits per heavy atom. The minimum absolute atomic E-state index is 0.0871. The van der Waals surface area contributed by atoms with Gasteiger partial charge in [0, 0.05) is 5.56 Å². The highest BCUT2D eigenvalue weighted by Gasteiger charge is 2.43. The van der Waals surface area contributed by atoms with Crippen molar-refractivity contribution < 1.29 is 27.4 Å². The minimum Gasteiger partial charge on any atom is -0.380 e. The summed E-state index contributed by atoms with van der Waals surface area (Å²) in [6, 6.07) is 1.53. The molecule has 0 spiro atoms. The van der Waals surface area contributed by atoms with Crippen LogP contribution < -0.4 is 0 Å². The van der Waals surface area contributed by atoms with Gasteiger partial charge in [-0.1, -0.05) is 17.7 Å². The molecule has 0 aliphatic carbocycles. The van der Waals surface area contributed by atoms with Gasteiger partial charge in [0.2, 0.25) is 0 Å². The van der Waals surface area contributed by atoms with E-state index in [-0.39, 0.29) is 18.8 Å². The molecule has 1 N–H and O–H groups in total. The van der Waals surface area contributed by atoms with Crippen LogP contribution in [0.5, 0.6) is 0 Å². The third-order valence-electron chi connectivity index (χ3n) is 2.57. The van der Waals surface area contributed by atoms with Crippen LogP contribution in [0.2, 0.25) is 5.02 Å². The molecule has 1 aliphatic rings. The monoisotopic (exact) mass is 270 g/mol. The van der Waals surface area contributed by atoms with Crippen molar-refractivity contribution >= 4 is 11.6 Å². The highest BCUT2D eigenvalue weighted by Crippen LogP contribution is 2.40. The zero-order chi connectivity index (χ0) is 12.8. The van der Waals surface area contributed by atoms with E-state index in [0.717, 1.165) is 6.07 Å². The number of rotatable bonds is 1. The lowest BCUT2D eigenvalue weighted by atomic mass is 9.91. The van der Waals surface area contributed by atoms with Crippen LogP contribution in [0.4, 0.5) is 17.6 Å². The molecule has 0 bridgehead atoms. The molecular weight excluding hydrogens is 264 g/mol. The Balaban J connectivity index is 2.50. The molecule has 0 unspecified atom stereocenters. The molecule has 2 rings (SSSR count). The van der Waals surface area contributed by atoms with Gasteiger partial charge in [-0.3, -0.25) is 0 Å². The highest BCUT2D eigenvalue weighted by atomic mass is 35.5. The predicted molar refractivity (Wildman–Crippen MR) is 51.1 cm³/mol. The quantitative estimate of drug-likeness (QED) is 0.795. The second-order valence-electron chi connectivity index (χ2n) is 3.81.